The van der Waals surface area contributed by atoms with Crippen molar-refractivity contribution < 1.29 is 4.79 Å². The number of rotatable bonds is 4. The third-order valence-corrected chi connectivity index (χ3v) is 5.05. The van der Waals surface area contributed by atoms with Gasteiger partial charge in [-0.1, -0.05) is 36.4 Å². The zero-order valence-electron chi connectivity index (χ0n) is 16.6. The Morgan fingerprint density at radius 3 is 2.44 bits per heavy atom. The largest absolute Gasteiger partial charge is 0.281 e. The molecule has 1 amide bonds. The third kappa shape index (κ3) is 3.35. The molecule has 27 heavy (non-hydrogen) atoms. The lowest BCUT2D eigenvalue weighted by atomic mass is 9.85. The molecule has 1 aliphatic heterocycles. The average Bonchev–Trinajstić information content (AvgIpc) is 2.85. The molecule has 0 radical (unpaired) electrons. The Hall–Kier alpha value is -3.01. The van der Waals surface area contributed by atoms with Crippen molar-refractivity contribution in [2.45, 2.75) is 40.0 Å². The fraction of sp³-hybridized carbons (Fsp3) is 0.261. The van der Waals surface area contributed by atoms with Crippen molar-refractivity contribution in [3.8, 4) is 11.1 Å². The molecule has 1 aliphatic rings. The molecular formula is C23H25N3O. The summed E-state index contributed by atoms with van der Waals surface area (Å²) in [7, 11) is 0. The van der Waals surface area contributed by atoms with Crippen LogP contribution in [0.25, 0.3) is 11.1 Å². The van der Waals surface area contributed by atoms with Gasteiger partial charge in [-0.15, -0.1) is 0 Å². The molecule has 3 rings (SSSR count). The van der Waals surface area contributed by atoms with E-state index in [2.05, 4.69) is 16.5 Å². The number of aryl methyl sites for hydroxylation is 1. The van der Waals surface area contributed by atoms with Crippen molar-refractivity contribution in [3.05, 3.63) is 78.1 Å². The molecule has 0 N–H and O–H groups in total. The van der Waals surface area contributed by atoms with Crippen LogP contribution in [0.4, 0.5) is 5.69 Å². The van der Waals surface area contributed by atoms with E-state index in [1.165, 1.54) is 0 Å². The molecule has 4 nitrogen and oxygen atoms in total. The normalized spacial score (nSPS) is 16.1. The van der Waals surface area contributed by atoms with E-state index in [1.54, 1.807) is 17.3 Å². The summed E-state index contributed by atoms with van der Waals surface area (Å²) in [5, 5.41) is 0. The van der Waals surface area contributed by atoms with Gasteiger partial charge < -0.3 is 0 Å². The number of benzene rings is 1. The van der Waals surface area contributed by atoms with Crippen molar-refractivity contribution in [1.82, 2.24) is 9.97 Å². The third-order valence-electron chi connectivity index (χ3n) is 5.05. The molecule has 138 valence electrons. The first-order chi connectivity index (χ1) is 12.8. The number of carbonyl (C=O) groups is 1. The molecule has 0 saturated heterocycles. The molecule has 0 fully saturated rings. The van der Waals surface area contributed by atoms with Crippen LogP contribution in [-0.2, 0) is 10.2 Å². The van der Waals surface area contributed by atoms with Gasteiger partial charge in [-0.2, -0.15) is 0 Å². The molecule has 1 aromatic carbocycles. The Balaban J connectivity index is 2.07. The summed E-state index contributed by atoms with van der Waals surface area (Å²) in [5.74, 6) is 0.762. The van der Waals surface area contributed by atoms with Crippen LogP contribution >= 0.6 is 0 Å². The number of anilines is 1. The Bertz CT molecular complexity index is 966. The minimum atomic E-state index is -0.593. The summed E-state index contributed by atoms with van der Waals surface area (Å²) in [6, 6.07) is 6.07. The van der Waals surface area contributed by atoms with Crippen LogP contribution in [-0.4, -0.2) is 15.9 Å². The summed E-state index contributed by atoms with van der Waals surface area (Å²) in [4.78, 5) is 23.4. The Morgan fingerprint density at radius 1 is 1.15 bits per heavy atom. The first-order valence-electron chi connectivity index (χ1n) is 9.03. The minimum Gasteiger partial charge on any atom is -0.281 e. The number of carbonyl (C=O) groups excluding carboxylic acids is 1. The zero-order chi connectivity index (χ0) is 19.8. The van der Waals surface area contributed by atoms with Crippen molar-refractivity contribution in [2.24, 2.45) is 0 Å². The molecule has 0 aliphatic carbocycles. The fourth-order valence-electron chi connectivity index (χ4n) is 3.15. The van der Waals surface area contributed by atoms with Gasteiger partial charge in [0.05, 0.1) is 11.1 Å². The van der Waals surface area contributed by atoms with Gasteiger partial charge in [-0.3, -0.25) is 9.69 Å². The van der Waals surface area contributed by atoms with E-state index in [9.17, 15) is 4.79 Å². The van der Waals surface area contributed by atoms with Crippen LogP contribution in [0, 0.1) is 6.92 Å². The van der Waals surface area contributed by atoms with Gasteiger partial charge in [-0.05, 0) is 57.9 Å². The van der Waals surface area contributed by atoms with Gasteiger partial charge in [0.2, 0.25) is 5.91 Å². The maximum atomic E-state index is 13.1. The first kappa shape index (κ1) is 18.8. The second-order valence-corrected chi connectivity index (χ2v) is 7.37. The fourth-order valence-corrected chi connectivity index (χ4v) is 3.15. The topological polar surface area (TPSA) is 46.1 Å². The minimum absolute atomic E-state index is 0.0302. The summed E-state index contributed by atoms with van der Waals surface area (Å²) in [6.45, 7) is 13.9. The van der Waals surface area contributed by atoms with E-state index in [1.807, 2.05) is 71.0 Å². The van der Waals surface area contributed by atoms with Crippen molar-refractivity contribution >= 4 is 11.6 Å². The van der Waals surface area contributed by atoms with Crippen LogP contribution in [0.3, 0.4) is 0 Å². The number of hydrogen-bond acceptors (Lipinski definition) is 3. The molecule has 2 heterocycles. The summed E-state index contributed by atoms with van der Waals surface area (Å²) in [6.07, 6.45) is 9.49. The predicted octanol–water partition coefficient (Wildman–Crippen LogP) is 5.11. The van der Waals surface area contributed by atoms with Gasteiger partial charge in [0.25, 0.3) is 0 Å². The lowest BCUT2D eigenvalue weighted by Gasteiger charge is -2.20. The monoisotopic (exact) mass is 359 g/mol. The van der Waals surface area contributed by atoms with E-state index in [4.69, 9.17) is 0 Å². The Labute approximate surface area is 161 Å². The number of fused-ring (bicyclic) bond motifs is 1. The van der Waals surface area contributed by atoms with Crippen molar-refractivity contribution in [2.75, 3.05) is 4.90 Å². The van der Waals surface area contributed by atoms with E-state index in [0.29, 0.717) is 5.70 Å². The van der Waals surface area contributed by atoms with E-state index in [-0.39, 0.29) is 5.91 Å². The molecule has 0 unspecified atom stereocenters. The van der Waals surface area contributed by atoms with Crippen molar-refractivity contribution in [3.63, 3.8) is 0 Å². The second kappa shape index (κ2) is 6.95. The average molecular weight is 359 g/mol. The second-order valence-electron chi connectivity index (χ2n) is 7.37. The molecule has 1 aromatic heterocycles. The maximum Gasteiger partial charge on any atom is 0.241 e. The van der Waals surface area contributed by atoms with Crippen LogP contribution < -0.4 is 4.90 Å². The lowest BCUT2D eigenvalue weighted by Crippen LogP contribution is -2.35. The Kier molecular flexibility index (Phi) is 4.83. The zero-order valence-corrected chi connectivity index (χ0v) is 16.6. The number of allylic oxidation sites excluding steroid dienone is 4. The van der Waals surface area contributed by atoms with Crippen LogP contribution in [0.1, 0.15) is 39.1 Å². The highest BCUT2D eigenvalue weighted by Gasteiger charge is 2.44. The lowest BCUT2D eigenvalue weighted by molar-refractivity contribution is -0.121. The van der Waals surface area contributed by atoms with Gasteiger partial charge in [-0.25, -0.2) is 9.97 Å². The van der Waals surface area contributed by atoms with Crippen LogP contribution in [0.5, 0.6) is 0 Å². The Morgan fingerprint density at radius 2 is 1.81 bits per heavy atom. The van der Waals surface area contributed by atoms with Crippen LogP contribution in [0.2, 0.25) is 0 Å². The standard InChI is InChI=1S/C23H25N3O/c1-7-15(2)8-9-16(3)26-21-12-18(19-13-24-17(4)25-14-19)10-11-20(21)23(5,6)22(26)27/h7-14H,3H2,1-2,4-6H3/b9-8-,15-7-. The predicted molar refractivity (Wildman–Crippen MR) is 110 cm³/mol. The van der Waals surface area contributed by atoms with Gasteiger partial charge in [0.1, 0.15) is 5.82 Å². The van der Waals surface area contributed by atoms with Crippen molar-refractivity contribution in [1.29, 1.82) is 0 Å². The number of aromatic nitrogens is 2. The SMILES string of the molecule is C=C(/C=C\C(C)=C/C)N1C(=O)C(C)(C)c2ccc(-c3cnc(C)nc3)cc21. The number of amides is 1. The highest BCUT2D eigenvalue weighted by molar-refractivity contribution is 6.10. The first-order valence-corrected chi connectivity index (χ1v) is 9.03. The molecular weight excluding hydrogens is 334 g/mol. The number of hydrogen-bond donors (Lipinski definition) is 0. The smallest absolute Gasteiger partial charge is 0.241 e. The summed E-state index contributed by atoms with van der Waals surface area (Å²) >= 11 is 0. The van der Waals surface area contributed by atoms with Crippen LogP contribution in [0.15, 0.2) is 66.7 Å². The molecule has 0 bridgehead atoms. The van der Waals surface area contributed by atoms with Gasteiger partial charge in [0.15, 0.2) is 0 Å². The van der Waals surface area contributed by atoms with E-state index < -0.39 is 5.41 Å². The number of nitrogens with zero attached hydrogens (tertiary/aromatic N) is 3. The molecule has 0 spiro atoms. The van der Waals surface area contributed by atoms with Gasteiger partial charge >= 0.3 is 0 Å². The molecule has 4 heteroatoms. The highest BCUT2D eigenvalue weighted by Crippen LogP contribution is 2.44. The molecule has 2 aromatic rings. The highest BCUT2D eigenvalue weighted by atomic mass is 16.2. The van der Waals surface area contributed by atoms with Gasteiger partial charge in [0, 0.05) is 23.7 Å². The maximum absolute atomic E-state index is 13.1. The summed E-state index contributed by atoms with van der Waals surface area (Å²) < 4.78 is 0. The van der Waals surface area contributed by atoms with E-state index >= 15 is 0 Å². The quantitative estimate of drug-likeness (QED) is 0.713. The summed E-state index contributed by atoms with van der Waals surface area (Å²) in [5.41, 5.74) is 4.96. The van der Waals surface area contributed by atoms with E-state index in [0.717, 1.165) is 33.8 Å². The molecule has 0 saturated carbocycles. The molecule has 0 atom stereocenters.